The Morgan fingerprint density at radius 1 is 1.36 bits per heavy atom. The Morgan fingerprint density at radius 3 is 2.77 bits per heavy atom. The van der Waals surface area contributed by atoms with Crippen molar-refractivity contribution in [1.82, 2.24) is 4.90 Å². The number of carbonyl (C=O) groups excluding carboxylic acids is 1. The molecule has 1 aromatic carbocycles. The Labute approximate surface area is 134 Å². The summed E-state index contributed by atoms with van der Waals surface area (Å²) in [6.45, 7) is 2.04. The van der Waals surface area contributed by atoms with Gasteiger partial charge in [0.15, 0.2) is 0 Å². The molecule has 5 heteroatoms. The van der Waals surface area contributed by atoms with Gasteiger partial charge in [0.1, 0.15) is 5.75 Å². The van der Waals surface area contributed by atoms with Crippen LogP contribution in [0.15, 0.2) is 41.8 Å². The van der Waals surface area contributed by atoms with Gasteiger partial charge in [-0.1, -0.05) is 30.3 Å². The fourth-order valence-corrected chi connectivity index (χ4v) is 3.87. The van der Waals surface area contributed by atoms with E-state index >= 15 is 0 Å². The van der Waals surface area contributed by atoms with Crippen LogP contribution >= 0.6 is 11.3 Å². The summed E-state index contributed by atoms with van der Waals surface area (Å²) < 4.78 is 5.16. The number of rotatable bonds is 4. The first-order valence-corrected chi connectivity index (χ1v) is 8.27. The Kier molecular flexibility index (Phi) is 4.45. The molecule has 2 atom stereocenters. The van der Waals surface area contributed by atoms with Crippen molar-refractivity contribution in [2.75, 3.05) is 26.7 Å². The highest BCUT2D eigenvalue weighted by molar-refractivity contribution is 7.12. The lowest BCUT2D eigenvalue weighted by atomic mass is 9.89. The van der Waals surface area contributed by atoms with Crippen molar-refractivity contribution < 1.29 is 9.53 Å². The molecule has 1 aromatic heterocycles. The predicted molar refractivity (Wildman–Crippen MR) is 88.5 cm³/mol. The molecule has 116 valence electrons. The molecule has 0 aliphatic carbocycles. The zero-order valence-corrected chi connectivity index (χ0v) is 13.4. The van der Waals surface area contributed by atoms with Crippen molar-refractivity contribution in [3.63, 3.8) is 0 Å². The molecule has 0 saturated carbocycles. The van der Waals surface area contributed by atoms with E-state index in [-0.39, 0.29) is 5.91 Å². The normalized spacial score (nSPS) is 21.1. The molecule has 0 spiro atoms. The van der Waals surface area contributed by atoms with Crippen LogP contribution in [0.4, 0.5) is 0 Å². The van der Waals surface area contributed by atoms with Gasteiger partial charge in [0, 0.05) is 30.5 Å². The second kappa shape index (κ2) is 6.50. The van der Waals surface area contributed by atoms with Gasteiger partial charge in [-0.3, -0.25) is 4.79 Å². The number of hydrogen-bond donors (Lipinski definition) is 1. The summed E-state index contributed by atoms with van der Waals surface area (Å²) in [5, 5.41) is 1.86. The molecule has 2 aromatic rings. The first-order valence-electron chi connectivity index (χ1n) is 7.39. The van der Waals surface area contributed by atoms with Crippen molar-refractivity contribution in [1.29, 1.82) is 0 Å². The summed E-state index contributed by atoms with van der Waals surface area (Å²) in [6, 6.07) is 12.1. The van der Waals surface area contributed by atoms with E-state index in [0.29, 0.717) is 18.4 Å². The van der Waals surface area contributed by atoms with Gasteiger partial charge in [-0.05, 0) is 18.0 Å². The largest absolute Gasteiger partial charge is 0.496 e. The molecule has 2 N–H and O–H groups in total. The third-order valence-corrected chi connectivity index (χ3v) is 5.18. The van der Waals surface area contributed by atoms with Gasteiger partial charge in [0.25, 0.3) is 5.91 Å². The molecule has 1 aliphatic heterocycles. The number of methoxy groups -OCH3 is 1. The van der Waals surface area contributed by atoms with Gasteiger partial charge >= 0.3 is 0 Å². The molecule has 2 heterocycles. The molecule has 1 aliphatic rings. The summed E-state index contributed by atoms with van der Waals surface area (Å²) in [7, 11) is 1.61. The van der Waals surface area contributed by atoms with E-state index in [9.17, 15) is 4.79 Å². The topological polar surface area (TPSA) is 55.6 Å². The van der Waals surface area contributed by atoms with Gasteiger partial charge in [0.05, 0.1) is 12.0 Å². The minimum absolute atomic E-state index is 0.0742. The number of amides is 1. The highest BCUT2D eigenvalue weighted by Gasteiger charge is 2.35. The number of hydrogen-bond acceptors (Lipinski definition) is 4. The number of nitrogens with zero attached hydrogens (tertiary/aromatic N) is 1. The van der Waals surface area contributed by atoms with Gasteiger partial charge in [-0.25, -0.2) is 0 Å². The molecule has 0 bridgehead atoms. The molecule has 1 amide bonds. The zero-order chi connectivity index (χ0) is 15.5. The zero-order valence-electron chi connectivity index (χ0n) is 12.6. The highest BCUT2D eigenvalue weighted by Crippen LogP contribution is 2.33. The van der Waals surface area contributed by atoms with E-state index in [4.69, 9.17) is 10.5 Å². The van der Waals surface area contributed by atoms with Crippen molar-refractivity contribution in [2.24, 2.45) is 11.7 Å². The SMILES string of the molecule is COc1csc(C(=O)N2C[C@@H](CN)[C@H](c3ccccc3)C2)c1. The van der Waals surface area contributed by atoms with Crippen LogP contribution in [-0.2, 0) is 0 Å². The fourth-order valence-electron chi connectivity index (χ4n) is 3.05. The van der Waals surface area contributed by atoms with E-state index < -0.39 is 0 Å². The lowest BCUT2D eigenvalue weighted by Gasteiger charge is -2.16. The van der Waals surface area contributed by atoms with E-state index in [0.717, 1.165) is 23.7 Å². The number of nitrogens with two attached hydrogens (primary N) is 1. The minimum atomic E-state index is 0.0742. The molecule has 1 saturated heterocycles. The predicted octanol–water partition coefficient (Wildman–Crippen LogP) is 2.57. The molecule has 4 nitrogen and oxygen atoms in total. The van der Waals surface area contributed by atoms with E-state index in [1.54, 1.807) is 13.2 Å². The van der Waals surface area contributed by atoms with Crippen molar-refractivity contribution in [2.45, 2.75) is 5.92 Å². The van der Waals surface area contributed by atoms with Crippen molar-refractivity contribution in [3.8, 4) is 5.75 Å². The van der Waals surface area contributed by atoms with Crippen molar-refractivity contribution in [3.05, 3.63) is 52.2 Å². The monoisotopic (exact) mass is 316 g/mol. The average Bonchev–Trinajstić information content (AvgIpc) is 3.21. The maximum absolute atomic E-state index is 12.7. The van der Waals surface area contributed by atoms with E-state index in [1.165, 1.54) is 16.9 Å². The molecule has 1 fully saturated rings. The summed E-state index contributed by atoms with van der Waals surface area (Å²) in [4.78, 5) is 15.3. The lowest BCUT2D eigenvalue weighted by Crippen LogP contribution is -2.29. The molecule has 0 unspecified atom stereocenters. The van der Waals surface area contributed by atoms with E-state index in [1.807, 2.05) is 28.5 Å². The number of carbonyl (C=O) groups is 1. The first-order chi connectivity index (χ1) is 10.7. The number of thiophene rings is 1. The second-order valence-corrected chi connectivity index (χ2v) is 6.49. The number of ether oxygens (including phenoxy) is 1. The van der Waals surface area contributed by atoms with Crippen molar-refractivity contribution >= 4 is 17.2 Å². The summed E-state index contributed by atoms with van der Waals surface area (Å²) in [6.07, 6.45) is 0. The number of likely N-dealkylation sites (tertiary alicyclic amines) is 1. The summed E-state index contributed by atoms with van der Waals surface area (Å²) in [5.74, 6) is 1.44. The van der Waals surface area contributed by atoms with Crippen LogP contribution in [0.1, 0.15) is 21.2 Å². The molecule has 3 rings (SSSR count). The Balaban J connectivity index is 1.77. The van der Waals surface area contributed by atoms with E-state index in [2.05, 4.69) is 12.1 Å². The minimum Gasteiger partial charge on any atom is -0.496 e. The Bertz CT molecular complexity index is 641. The third kappa shape index (κ3) is 2.87. The van der Waals surface area contributed by atoms with Gasteiger partial charge < -0.3 is 15.4 Å². The highest BCUT2D eigenvalue weighted by atomic mass is 32.1. The molecule has 0 radical (unpaired) electrons. The first kappa shape index (κ1) is 15.1. The van der Waals surface area contributed by atoms with Crippen LogP contribution in [0.5, 0.6) is 5.75 Å². The Hall–Kier alpha value is -1.85. The average molecular weight is 316 g/mol. The fraction of sp³-hybridized carbons (Fsp3) is 0.353. The summed E-state index contributed by atoms with van der Waals surface area (Å²) >= 11 is 1.43. The van der Waals surface area contributed by atoms with Crippen LogP contribution in [0, 0.1) is 5.92 Å². The third-order valence-electron chi connectivity index (χ3n) is 4.28. The lowest BCUT2D eigenvalue weighted by molar-refractivity contribution is 0.0791. The van der Waals surface area contributed by atoms with Crippen LogP contribution in [0.25, 0.3) is 0 Å². The van der Waals surface area contributed by atoms with Crippen LogP contribution in [-0.4, -0.2) is 37.6 Å². The van der Waals surface area contributed by atoms with Gasteiger partial charge in [-0.15, -0.1) is 11.3 Å². The molecule has 22 heavy (non-hydrogen) atoms. The van der Waals surface area contributed by atoms with Gasteiger partial charge in [-0.2, -0.15) is 0 Å². The maximum atomic E-state index is 12.7. The molecular formula is C17H20N2O2S. The maximum Gasteiger partial charge on any atom is 0.264 e. The number of benzene rings is 1. The smallest absolute Gasteiger partial charge is 0.264 e. The standard InChI is InChI=1S/C17H20N2O2S/c1-21-14-7-16(22-11-14)17(20)19-9-13(8-18)15(10-19)12-5-3-2-4-6-12/h2-7,11,13,15H,8-10,18H2,1H3/t13-,15+/m1/s1. The summed E-state index contributed by atoms with van der Waals surface area (Å²) in [5.41, 5.74) is 7.19. The Morgan fingerprint density at radius 2 is 2.14 bits per heavy atom. The second-order valence-electron chi connectivity index (χ2n) is 5.57. The van der Waals surface area contributed by atoms with Crippen LogP contribution < -0.4 is 10.5 Å². The molecular weight excluding hydrogens is 296 g/mol. The van der Waals surface area contributed by atoms with Crippen LogP contribution in [0.2, 0.25) is 0 Å². The van der Waals surface area contributed by atoms with Crippen LogP contribution in [0.3, 0.4) is 0 Å². The van der Waals surface area contributed by atoms with Gasteiger partial charge in [0.2, 0.25) is 0 Å². The quantitative estimate of drug-likeness (QED) is 0.943.